The van der Waals surface area contributed by atoms with E-state index in [0.717, 1.165) is 49.2 Å². The van der Waals surface area contributed by atoms with Crippen LogP contribution in [0.3, 0.4) is 0 Å². The molecule has 5 rings (SSSR count). The van der Waals surface area contributed by atoms with E-state index >= 15 is 0 Å². The SMILES string of the molecule is CCN(CC)C(=O)c1ccc(C(c2cccc3cccnc23)N2CCN(Cc3ccc(C)cc3)CC2)cc1. The van der Waals surface area contributed by atoms with Gasteiger partial charge < -0.3 is 4.90 Å². The van der Waals surface area contributed by atoms with Crippen LogP contribution >= 0.6 is 0 Å². The Labute approximate surface area is 226 Å². The van der Waals surface area contributed by atoms with Crippen molar-refractivity contribution in [2.24, 2.45) is 0 Å². The second-order valence-electron chi connectivity index (χ2n) is 10.2. The fourth-order valence-electron chi connectivity index (χ4n) is 5.57. The van der Waals surface area contributed by atoms with Crippen molar-refractivity contribution in [3.05, 3.63) is 113 Å². The first-order valence-electron chi connectivity index (χ1n) is 13.8. The minimum atomic E-state index is 0.0766. The van der Waals surface area contributed by atoms with Crippen LogP contribution in [0.1, 0.15) is 52.5 Å². The molecule has 0 bridgehead atoms. The molecule has 3 aromatic carbocycles. The third-order valence-corrected chi connectivity index (χ3v) is 7.78. The minimum absolute atomic E-state index is 0.0766. The van der Waals surface area contributed by atoms with E-state index < -0.39 is 0 Å². The number of carbonyl (C=O) groups is 1. The van der Waals surface area contributed by atoms with E-state index in [0.29, 0.717) is 13.1 Å². The van der Waals surface area contributed by atoms with Crippen molar-refractivity contribution in [2.75, 3.05) is 39.3 Å². The summed E-state index contributed by atoms with van der Waals surface area (Å²) in [4.78, 5) is 24.7. The fraction of sp³-hybridized carbons (Fsp3) is 0.333. The molecular formula is C33H38N4O. The summed E-state index contributed by atoms with van der Waals surface area (Å²) in [5, 5.41) is 1.15. The Bertz CT molecular complexity index is 1350. The highest BCUT2D eigenvalue weighted by molar-refractivity contribution is 5.94. The summed E-state index contributed by atoms with van der Waals surface area (Å²) in [6.45, 7) is 12.6. The number of hydrogen-bond donors (Lipinski definition) is 0. The lowest BCUT2D eigenvalue weighted by Gasteiger charge is -2.40. The number of pyridine rings is 1. The molecule has 1 aromatic heterocycles. The van der Waals surface area contributed by atoms with E-state index in [1.54, 1.807) is 0 Å². The minimum Gasteiger partial charge on any atom is -0.339 e. The number of benzene rings is 3. The van der Waals surface area contributed by atoms with E-state index in [9.17, 15) is 4.79 Å². The summed E-state index contributed by atoms with van der Waals surface area (Å²) in [7, 11) is 0. The predicted octanol–water partition coefficient (Wildman–Crippen LogP) is 5.93. The maximum Gasteiger partial charge on any atom is 0.253 e. The van der Waals surface area contributed by atoms with Gasteiger partial charge in [-0.3, -0.25) is 19.6 Å². The van der Waals surface area contributed by atoms with Crippen LogP contribution in [-0.4, -0.2) is 64.9 Å². The number of nitrogens with zero attached hydrogens (tertiary/aromatic N) is 4. The van der Waals surface area contributed by atoms with Crippen molar-refractivity contribution in [1.82, 2.24) is 19.7 Å². The molecule has 38 heavy (non-hydrogen) atoms. The third-order valence-electron chi connectivity index (χ3n) is 7.78. The van der Waals surface area contributed by atoms with Crippen molar-refractivity contribution < 1.29 is 4.79 Å². The van der Waals surface area contributed by atoms with Crippen LogP contribution < -0.4 is 0 Å². The maximum atomic E-state index is 12.9. The molecule has 1 aliphatic heterocycles. The molecule has 2 heterocycles. The summed E-state index contributed by atoms with van der Waals surface area (Å²) in [6, 6.07) is 27.8. The molecule has 1 fully saturated rings. The Morgan fingerprint density at radius 3 is 2.24 bits per heavy atom. The second-order valence-corrected chi connectivity index (χ2v) is 10.2. The van der Waals surface area contributed by atoms with Crippen molar-refractivity contribution in [1.29, 1.82) is 0 Å². The molecule has 0 spiro atoms. The zero-order valence-electron chi connectivity index (χ0n) is 22.8. The van der Waals surface area contributed by atoms with Crippen molar-refractivity contribution >= 4 is 16.8 Å². The highest BCUT2D eigenvalue weighted by Gasteiger charge is 2.28. The molecule has 5 heteroatoms. The van der Waals surface area contributed by atoms with Crippen molar-refractivity contribution in [3.8, 4) is 0 Å². The van der Waals surface area contributed by atoms with Gasteiger partial charge in [-0.05, 0) is 50.1 Å². The summed E-state index contributed by atoms with van der Waals surface area (Å²) in [5.41, 5.74) is 6.88. The van der Waals surface area contributed by atoms with Crippen LogP contribution in [0.25, 0.3) is 10.9 Å². The number of fused-ring (bicyclic) bond motifs is 1. The van der Waals surface area contributed by atoms with Gasteiger partial charge in [0.25, 0.3) is 5.91 Å². The molecule has 1 saturated heterocycles. The number of aromatic nitrogens is 1. The van der Waals surface area contributed by atoms with Gasteiger partial charge in [0.15, 0.2) is 0 Å². The van der Waals surface area contributed by atoms with Crippen molar-refractivity contribution in [3.63, 3.8) is 0 Å². The highest BCUT2D eigenvalue weighted by atomic mass is 16.2. The number of para-hydroxylation sites is 1. The van der Waals surface area contributed by atoms with E-state index in [4.69, 9.17) is 4.98 Å². The zero-order chi connectivity index (χ0) is 26.5. The van der Waals surface area contributed by atoms with Crippen LogP contribution in [0.5, 0.6) is 0 Å². The molecule has 4 aromatic rings. The maximum absolute atomic E-state index is 12.9. The lowest BCUT2D eigenvalue weighted by atomic mass is 9.93. The topological polar surface area (TPSA) is 39.7 Å². The van der Waals surface area contributed by atoms with Crippen LogP contribution in [-0.2, 0) is 6.54 Å². The van der Waals surface area contributed by atoms with Crippen LogP contribution in [0, 0.1) is 6.92 Å². The predicted molar refractivity (Wildman–Crippen MR) is 155 cm³/mol. The number of carbonyl (C=O) groups excluding carboxylic acids is 1. The number of hydrogen-bond acceptors (Lipinski definition) is 4. The summed E-state index contributed by atoms with van der Waals surface area (Å²) in [5.74, 6) is 0.0923. The molecule has 1 amide bonds. The molecule has 0 radical (unpaired) electrons. The Hall–Kier alpha value is -3.54. The van der Waals surface area contributed by atoms with E-state index in [1.165, 1.54) is 22.3 Å². The Morgan fingerprint density at radius 1 is 0.868 bits per heavy atom. The number of aryl methyl sites for hydroxylation is 1. The molecule has 196 valence electrons. The van der Waals surface area contributed by atoms with Gasteiger partial charge in [-0.1, -0.05) is 66.2 Å². The molecule has 1 atom stereocenters. The molecule has 0 saturated carbocycles. The summed E-state index contributed by atoms with van der Waals surface area (Å²) in [6.07, 6.45) is 1.88. The van der Waals surface area contributed by atoms with E-state index in [2.05, 4.69) is 77.4 Å². The third kappa shape index (κ3) is 5.64. The van der Waals surface area contributed by atoms with Gasteiger partial charge in [-0.15, -0.1) is 0 Å². The average molecular weight is 507 g/mol. The second kappa shape index (κ2) is 11.9. The Kier molecular flexibility index (Phi) is 8.16. The summed E-state index contributed by atoms with van der Waals surface area (Å²) < 4.78 is 0. The first-order chi connectivity index (χ1) is 18.6. The van der Waals surface area contributed by atoms with Crippen molar-refractivity contribution in [2.45, 2.75) is 33.4 Å². The fourth-order valence-corrected chi connectivity index (χ4v) is 5.57. The first-order valence-corrected chi connectivity index (χ1v) is 13.8. The molecular weight excluding hydrogens is 468 g/mol. The Morgan fingerprint density at radius 2 is 1.55 bits per heavy atom. The van der Waals surface area contributed by atoms with Gasteiger partial charge in [0.2, 0.25) is 0 Å². The highest BCUT2D eigenvalue weighted by Crippen LogP contribution is 2.34. The van der Waals surface area contributed by atoms with E-state index in [1.807, 2.05) is 43.1 Å². The number of rotatable bonds is 8. The zero-order valence-corrected chi connectivity index (χ0v) is 22.8. The lowest BCUT2D eigenvalue weighted by Crippen LogP contribution is -2.47. The monoisotopic (exact) mass is 506 g/mol. The molecule has 0 N–H and O–H groups in total. The van der Waals surface area contributed by atoms with Gasteiger partial charge in [0.05, 0.1) is 11.6 Å². The van der Waals surface area contributed by atoms with Gasteiger partial charge in [0, 0.05) is 68.5 Å². The smallest absolute Gasteiger partial charge is 0.253 e. The largest absolute Gasteiger partial charge is 0.339 e. The number of piperazine rings is 1. The van der Waals surface area contributed by atoms with Crippen LogP contribution in [0.4, 0.5) is 0 Å². The van der Waals surface area contributed by atoms with Gasteiger partial charge >= 0.3 is 0 Å². The molecule has 5 nitrogen and oxygen atoms in total. The molecule has 0 aliphatic carbocycles. The van der Waals surface area contributed by atoms with Gasteiger partial charge in [-0.2, -0.15) is 0 Å². The summed E-state index contributed by atoms with van der Waals surface area (Å²) >= 11 is 0. The van der Waals surface area contributed by atoms with E-state index in [-0.39, 0.29) is 11.9 Å². The average Bonchev–Trinajstić information content (AvgIpc) is 2.96. The van der Waals surface area contributed by atoms with Gasteiger partial charge in [-0.25, -0.2) is 0 Å². The molecule has 1 aliphatic rings. The normalized spacial score (nSPS) is 15.4. The Balaban J connectivity index is 1.42. The molecule has 1 unspecified atom stereocenters. The number of amides is 1. The first kappa shape index (κ1) is 26.1. The van der Waals surface area contributed by atoms with Crippen LogP contribution in [0.15, 0.2) is 85.1 Å². The van der Waals surface area contributed by atoms with Gasteiger partial charge in [0.1, 0.15) is 0 Å². The lowest BCUT2D eigenvalue weighted by molar-refractivity contribution is 0.0773. The quantitative estimate of drug-likeness (QED) is 0.297. The standard InChI is InChI=1S/C33H38N4O/c1-4-36(5-2)33(38)29-17-15-28(16-18-29)32(30-10-6-8-27-9-7-19-34-31(27)30)37-22-20-35(21-23-37)24-26-13-11-25(3)12-14-26/h6-19,32H,4-5,20-24H2,1-3H3. The van der Waals surface area contributed by atoms with Crippen LogP contribution in [0.2, 0.25) is 0 Å².